The molecule has 0 radical (unpaired) electrons. The molecule has 1 atom stereocenters. The highest BCUT2D eigenvalue weighted by molar-refractivity contribution is 5.80. The minimum atomic E-state index is 0.145. The maximum atomic E-state index is 11.6. The van der Waals surface area contributed by atoms with Crippen molar-refractivity contribution in [2.75, 3.05) is 40.8 Å². The Kier molecular flexibility index (Phi) is 8.58. The summed E-state index contributed by atoms with van der Waals surface area (Å²) in [6, 6.07) is 10.9. The normalized spacial score (nSPS) is 17.1. The van der Waals surface area contributed by atoms with Crippen LogP contribution in [-0.4, -0.2) is 68.5 Å². The number of hydrogen-bond acceptors (Lipinski definition) is 3. The Bertz CT molecular complexity index is 596. The average Bonchev–Trinajstić information content (AvgIpc) is 2.70. The third-order valence-electron chi connectivity index (χ3n) is 5.46. The van der Waals surface area contributed by atoms with Gasteiger partial charge in [-0.2, -0.15) is 0 Å². The Morgan fingerprint density at radius 3 is 2.56 bits per heavy atom. The number of aliphatic imine (C=N–C) groups is 1. The van der Waals surface area contributed by atoms with E-state index in [0.717, 1.165) is 45.0 Å². The zero-order valence-corrected chi connectivity index (χ0v) is 17.2. The Labute approximate surface area is 164 Å². The van der Waals surface area contributed by atoms with Gasteiger partial charge in [0, 0.05) is 52.7 Å². The van der Waals surface area contributed by atoms with Crippen molar-refractivity contribution in [2.45, 2.75) is 38.8 Å². The summed E-state index contributed by atoms with van der Waals surface area (Å²) >= 11 is 0. The molecule has 1 unspecified atom stereocenters. The first-order valence-electron chi connectivity index (χ1n) is 9.93. The van der Waals surface area contributed by atoms with Crippen LogP contribution < -0.4 is 10.6 Å². The highest BCUT2D eigenvalue weighted by atomic mass is 16.1. The summed E-state index contributed by atoms with van der Waals surface area (Å²) in [6.07, 6.45) is 2.72. The van der Waals surface area contributed by atoms with E-state index >= 15 is 0 Å². The molecule has 1 aromatic rings. The molecule has 0 bridgehead atoms. The van der Waals surface area contributed by atoms with Crippen LogP contribution in [0.1, 0.15) is 31.7 Å². The fourth-order valence-electron chi connectivity index (χ4n) is 3.47. The molecule has 150 valence electrons. The first-order valence-corrected chi connectivity index (χ1v) is 9.93. The Morgan fingerprint density at radius 1 is 1.30 bits per heavy atom. The number of nitrogens with one attached hydrogen (secondary N) is 2. The molecule has 2 rings (SSSR count). The molecule has 1 saturated heterocycles. The number of rotatable bonds is 7. The monoisotopic (exact) mass is 373 g/mol. The summed E-state index contributed by atoms with van der Waals surface area (Å²) in [5.41, 5.74) is 1.33. The molecule has 0 spiro atoms. The van der Waals surface area contributed by atoms with Gasteiger partial charge < -0.3 is 15.5 Å². The quantitative estimate of drug-likeness (QED) is 0.566. The van der Waals surface area contributed by atoms with E-state index in [1.54, 1.807) is 7.05 Å². The van der Waals surface area contributed by atoms with E-state index in [0.29, 0.717) is 18.4 Å². The lowest BCUT2D eigenvalue weighted by Gasteiger charge is -2.35. The van der Waals surface area contributed by atoms with Crippen LogP contribution in [0.3, 0.4) is 0 Å². The van der Waals surface area contributed by atoms with Crippen LogP contribution >= 0.6 is 0 Å². The van der Waals surface area contributed by atoms with Crippen molar-refractivity contribution in [3.63, 3.8) is 0 Å². The van der Waals surface area contributed by atoms with Gasteiger partial charge in [0.05, 0.1) is 0 Å². The minimum Gasteiger partial charge on any atom is -0.359 e. The summed E-state index contributed by atoms with van der Waals surface area (Å²) in [5, 5.41) is 6.25. The van der Waals surface area contributed by atoms with Crippen molar-refractivity contribution in [3.05, 3.63) is 35.9 Å². The molecule has 27 heavy (non-hydrogen) atoms. The minimum absolute atomic E-state index is 0.145. The Balaban J connectivity index is 1.76. The van der Waals surface area contributed by atoms with E-state index < -0.39 is 0 Å². The van der Waals surface area contributed by atoms with E-state index in [-0.39, 0.29) is 5.91 Å². The van der Waals surface area contributed by atoms with Crippen molar-refractivity contribution in [3.8, 4) is 0 Å². The maximum Gasteiger partial charge on any atom is 0.220 e. The lowest BCUT2D eigenvalue weighted by molar-refractivity contribution is -0.121. The zero-order chi connectivity index (χ0) is 19.6. The average molecular weight is 374 g/mol. The zero-order valence-electron chi connectivity index (χ0n) is 17.2. The summed E-state index contributed by atoms with van der Waals surface area (Å²) in [5.74, 6) is 1.59. The number of guanidine groups is 1. The lowest BCUT2D eigenvalue weighted by atomic mass is 9.93. The van der Waals surface area contributed by atoms with Gasteiger partial charge in [0.25, 0.3) is 0 Å². The van der Waals surface area contributed by atoms with E-state index in [1.807, 2.05) is 7.05 Å². The Hall–Kier alpha value is -2.08. The largest absolute Gasteiger partial charge is 0.359 e. The predicted molar refractivity (Wildman–Crippen MR) is 112 cm³/mol. The number of carbonyl (C=O) groups is 1. The fraction of sp³-hybridized carbons (Fsp3) is 0.619. The third kappa shape index (κ3) is 6.86. The Morgan fingerprint density at radius 2 is 1.96 bits per heavy atom. The van der Waals surface area contributed by atoms with Crippen molar-refractivity contribution in [1.82, 2.24) is 20.4 Å². The van der Waals surface area contributed by atoms with E-state index in [1.165, 1.54) is 5.56 Å². The number of benzene rings is 1. The van der Waals surface area contributed by atoms with Crippen LogP contribution in [0.4, 0.5) is 0 Å². The van der Waals surface area contributed by atoms with Gasteiger partial charge in [0.1, 0.15) is 0 Å². The van der Waals surface area contributed by atoms with E-state index in [9.17, 15) is 4.79 Å². The van der Waals surface area contributed by atoms with Gasteiger partial charge in [-0.05, 0) is 38.3 Å². The van der Waals surface area contributed by atoms with Crippen molar-refractivity contribution in [2.24, 2.45) is 10.9 Å². The number of likely N-dealkylation sites (tertiary alicyclic amines) is 1. The fourth-order valence-corrected chi connectivity index (χ4v) is 3.47. The molecular formula is C21H35N5O. The predicted octanol–water partition coefficient (Wildman–Crippen LogP) is 1.93. The molecule has 2 N–H and O–H groups in total. The van der Waals surface area contributed by atoms with Crippen LogP contribution in [0, 0.1) is 5.92 Å². The van der Waals surface area contributed by atoms with Gasteiger partial charge in [-0.3, -0.25) is 14.7 Å². The van der Waals surface area contributed by atoms with Gasteiger partial charge in [-0.25, -0.2) is 0 Å². The molecule has 6 heteroatoms. The summed E-state index contributed by atoms with van der Waals surface area (Å²) in [6.45, 7) is 5.94. The molecule has 1 fully saturated rings. The molecule has 0 saturated carbocycles. The standard InChI is InChI=1S/C21H35N5O/c1-17(25(4)16-19-8-6-5-7-9-19)15-24-21(23-3)26-12-10-18(11-13-26)14-20(27)22-2/h5-9,17-18H,10-16H2,1-4H3,(H,22,27)(H,23,24). The number of carbonyl (C=O) groups excluding carboxylic acids is 1. The van der Waals surface area contributed by atoms with Crippen molar-refractivity contribution >= 4 is 11.9 Å². The first kappa shape index (κ1) is 21.2. The van der Waals surface area contributed by atoms with Crippen LogP contribution in [-0.2, 0) is 11.3 Å². The van der Waals surface area contributed by atoms with Gasteiger partial charge in [-0.1, -0.05) is 30.3 Å². The lowest BCUT2D eigenvalue weighted by Crippen LogP contribution is -2.49. The van der Waals surface area contributed by atoms with Crippen molar-refractivity contribution in [1.29, 1.82) is 0 Å². The second-order valence-corrected chi connectivity index (χ2v) is 7.49. The van der Waals surface area contributed by atoms with Crippen LogP contribution in [0.2, 0.25) is 0 Å². The van der Waals surface area contributed by atoms with Crippen LogP contribution in [0.25, 0.3) is 0 Å². The highest BCUT2D eigenvalue weighted by Gasteiger charge is 2.23. The summed E-state index contributed by atoms with van der Waals surface area (Å²) in [4.78, 5) is 20.7. The molecule has 0 aliphatic carbocycles. The summed E-state index contributed by atoms with van der Waals surface area (Å²) in [7, 11) is 5.71. The van der Waals surface area contributed by atoms with Crippen molar-refractivity contribution < 1.29 is 4.79 Å². The molecule has 6 nitrogen and oxygen atoms in total. The molecule has 0 aromatic heterocycles. The van der Waals surface area contributed by atoms with Gasteiger partial charge in [0.15, 0.2) is 5.96 Å². The van der Waals surface area contributed by atoms with Crippen LogP contribution in [0.5, 0.6) is 0 Å². The van der Waals surface area contributed by atoms with E-state index in [2.05, 4.69) is 69.7 Å². The maximum absolute atomic E-state index is 11.6. The third-order valence-corrected chi connectivity index (χ3v) is 5.46. The first-order chi connectivity index (χ1) is 13.0. The van der Waals surface area contributed by atoms with Crippen LogP contribution in [0.15, 0.2) is 35.3 Å². The highest BCUT2D eigenvalue weighted by Crippen LogP contribution is 2.20. The molecule has 1 amide bonds. The molecule has 1 heterocycles. The number of nitrogens with zero attached hydrogens (tertiary/aromatic N) is 3. The topological polar surface area (TPSA) is 60.0 Å². The molecule has 1 aromatic carbocycles. The second-order valence-electron chi connectivity index (χ2n) is 7.49. The number of piperidine rings is 1. The number of likely N-dealkylation sites (N-methyl/N-ethyl adjacent to an activating group) is 1. The SMILES string of the molecule is CN=C(NCC(C)N(C)Cc1ccccc1)N1CCC(CC(=O)NC)CC1. The second kappa shape index (κ2) is 10.9. The number of hydrogen-bond donors (Lipinski definition) is 2. The summed E-state index contributed by atoms with van der Waals surface area (Å²) < 4.78 is 0. The van der Waals surface area contributed by atoms with Gasteiger partial charge in [-0.15, -0.1) is 0 Å². The smallest absolute Gasteiger partial charge is 0.220 e. The molecule has 1 aliphatic heterocycles. The van der Waals surface area contributed by atoms with Gasteiger partial charge in [0.2, 0.25) is 5.91 Å². The number of amides is 1. The van der Waals surface area contributed by atoms with Gasteiger partial charge >= 0.3 is 0 Å². The molecular weight excluding hydrogens is 338 g/mol. The van der Waals surface area contributed by atoms with E-state index in [4.69, 9.17) is 0 Å². The molecule has 1 aliphatic rings.